The number of anilines is 1. The van der Waals surface area contributed by atoms with Gasteiger partial charge in [-0.1, -0.05) is 57.4 Å². The Balaban J connectivity index is 1.12. The van der Waals surface area contributed by atoms with Gasteiger partial charge in [-0.05, 0) is 92.3 Å². The molecule has 0 radical (unpaired) electrons. The second kappa shape index (κ2) is 17.5. The zero-order chi connectivity index (χ0) is 31.3. The van der Waals surface area contributed by atoms with Gasteiger partial charge >= 0.3 is 5.97 Å². The molecule has 9 nitrogen and oxygen atoms in total. The topological polar surface area (TPSA) is 112 Å². The first-order chi connectivity index (χ1) is 21.3. The summed E-state index contributed by atoms with van der Waals surface area (Å²) in [6.45, 7) is 10.8. The van der Waals surface area contributed by atoms with E-state index in [1.807, 2.05) is 24.3 Å². The van der Waals surface area contributed by atoms with Crippen LogP contribution in [0.1, 0.15) is 87.2 Å². The Labute approximate surface area is 263 Å². The average molecular weight is 609 g/mol. The molecule has 0 aromatic heterocycles. The monoisotopic (exact) mass is 608 g/mol. The van der Waals surface area contributed by atoms with Crippen molar-refractivity contribution < 1.29 is 24.3 Å². The number of ether oxygens (including phenoxy) is 1. The van der Waals surface area contributed by atoms with E-state index in [2.05, 4.69) is 59.1 Å². The summed E-state index contributed by atoms with van der Waals surface area (Å²) in [4.78, 5) is 32.0. The normalized spacial score (nSPS) is 17.9. The Morgan fingerprint density at radius 1 is 0.886 bits per heavy atom. The number of aliphatic carboxylic acids is 1. The standard InChI is InChI=1S/C35H52N4O5/c1-25(2)24-43-26(3)44-38-34(40)31-13-15-32(16-14-31)39-19-17-29(18-20-39)22-36-21-27-9-11-28(12-10-27)23-37-33(35(41)42)30-7-5-4-6-8-30/h9-16,25-26,29-30,33,36-37H,4-8,17-24H2,1-3H3,(H,38,40)(H,41,42)/t26?,33-/m0/s1. The van der Waals surface area contributed by atoms with Crippen LogP contribution in [0.25, 0.3) is 0 Å². The molecular formula is C35H52N4O5. The van der Waals surface area contributed by atoms with Gasteiger partial charge < -0.3 is 25.4 Å². The van der Waals surface area contributed by atoms with Crippen LogP contribution in [0.15, 0.2) is 48.5 Å². The van der Waals surface area contributed by atoms with Gasteiger partial charge in [0.05, 0.1) is 6.61 Å². The lowest BCUT2D eigenvalue weighted by Crippen LogP contribution is -2.43. The minimum atomic E-state index is -0.731. The highest BCUT2D eigenvalue weighted by molar-refractivity contribution is 5.93. The molecule has 2 fully saturated rings. The summed E-state index contributed by atoms with van der Waals surface area (Å²) < 4.78 is 5.52. The van der Waals surface area contributed by atoms with E-state index < -0.39 is 18.3 Å². The van der Waals surface area contributed by atoms with Gasteiger partial charge in [-0.2, -0.15) is 0 Å². The number of carbonyl (C=O) groups excluding carboxylic acids is 1. The van der Waals surface area contributed by atoms with Crippen LogP contribution in [0.5, 0.6) is 0 Å². The van der Waals surface area contributed by atoms with Crippen LogP contribution < -0.4 is 21.0 Å². The van der Waals surface area contributed by atoms with Crippen molar-refractivity contribution in [3.63, 3.8) is 0 Å². The fraction of sp³-hybridized carbons (Fsp3) is 0.600. The van der Waals surface area contributed by atoms with Gasteiger partial charge in [0.2, 0.25) is 0 Å². The molecule has 2 aromatic rings. The predicted molar refractivity (Wildman–Crippen MR) is 173 cm³/mol. The number of hydroxylamine groups is 1. The van der Waals surface area contributed by atoms with E-state index in [4.69, 9.17) is 9.57 Å². The number of amides is 1. The molecule has 4 rings (SSSR count). The van der Waals surface area contributed by atoms with Crippen molar-refractivity contribution in [1.82, 2.24) is 16.1 Å². The van der Waals surface area contributed by atoms with E-state index in [9.17, 15) is 14.7 Å². The molecule has 2 aromatic carbocycles. The summed E-state index contributed by atoms with van der Waals surface area (Å²) in [5.41, 5.74) is 6.52. The number of hydrogen-bond donors (Lipinski definition) is 4. The summed E-state index contributed by atoms with van der Waals surface area (Å²) in [6, 6.07) is 15.7. The number of carboxylic acids is 1. The molecule has 9 heteroatoms. The molecule has 242 valence electrons. The Morgan fingerprint density at radius 2 is 1.52 bits per heavy atom. The zero-order valence-corrected chi connectivity index (χ0v) is 26.7. The van der Waals surface area contributed by atoms with Crippen molar-refractivity contribution in [3.05, 3.63) is 65.2 Å². The number of piperidine rings is 1. The SMILES string of the molecule is CC(C)COC(C)ONC(=O)c1ccc(N2CCC(CNCc3ccc(CN[C@H](C(=O)O)C4CCCCC4)cc3)CC2)cc1. The van der Waals surface area contributed by atoms with E-state index >= 15 is 0 Å². The highest BCUT2D eigenvalue weighted by Gasteiger charge is 2.28. The van der Waals surface area contributed by atoms with E-state index in [-0.39, 0.29) is 11.8 Å². The molecule has 1 aliphatic heterocycles. The summed E-state index contributed by atoms with van der Waals surface area (Å²) in [7, 11) is 0. The zero-order valence-electron chi connectivity index (χ0n) is 26.7. The number of nitrogens with one attached hydrogen (secondary N) is 3. The van der Waals surface area contributed by atoms with Gasteiger partial charge in [-0.3, -0.25) is 9.59 Å². The van der Waals surface area contributed by atoms with Crippen LogP contribution in [0.2, 0.25) is 0 Å². The smallest absolute Gasteiger partial charge is 0.320 e. The van der Waals surface area contributed by atoms with E-state index in [0.29, 0.717) is 30.6 Å². The third-order valence-corrected chi connectivity index (χ3v) is 8.79. The molecule has 1 saturated carbocycles. The number of rotatable bonds is 16. The maximum atomic E-state index is 12.4. The van der Waals surface area contributed by atoms with Gasteiger partial charge in [0.1, 0.15) is 6.04 Å². The number of nitrogens with zero attached hydrogens (tertiary/aromatic N) is 1. The third-order valence-electron chi connectivity index (χ3n) is 8.79. The Kier molecular flexibility index (Phi) is 13.5. The minimum Gasteiger partial charge on any atom is -0.480 e. The molecule has 1 saturated heterocycles. The summed E-state index contributed by atoms with van der Waals surface area (Å²) in [5.74, 6) is 0.251. The van der Waals surface area contributed by atoms with E-state index in [0.717, 1.165) is 76.0 Å². The Hall–Kier alpha value is -2.98. The fourth-order valence-corrected chi connectivity index (χ4v) is 6.12. The maximum Gasteiger partial charge on any atom is 0.320 e. The lowest BCUT2D eigenvalue weighted by atomic mass is 9.84. The van der Waals surface area contributed by atoms with Gasteiger partial charge in [-0.15, -0.1) is 0 Å². The van der Waals surface area contributed by atoms with Crippen LogP contribution in [0.4, 0.5) is 5.69 Å². The predicted octanol–water partition coefficient (Wildman–Crippen LogP) is 5.50. The number of carboxylic acid groups (broad SMARTS) is 1. The van der Waals surface area contributed by atoms with Crippen LogP contribution in [-0.2, 0) is 27.5 Å². The highest BCUT2D eigenvalue weighted by atomic mass is 16.8. The largest absolute Gasteiger partial charge is 0.480 e. The number of carbonyl (C=O) groups is 2. The second-order valence-corrected chi connectivity index (χ2v) is 12.9. The number of benzene rings is 2. The van der Waals surface area contributed by atoms with Crippen molar-refractivity contribution in [2.45, 2.75) is 91.1 Å². The van der Waals surface area contributed by atoms with Crippen LogP contribution in [0, 0.1) is 17.8 Å². The van der Waals surface area contributed by atoms with Crippen molar-refractivity contribution in [1.29, 1.82) is 0 Å². The molecule has 1 aliphatic carbocycles. The summed E-state index contributed by atoms with van der Waals surface area (Å²) in [6.07, 6.45) is 7.24. The number of hydrogen-bond acceptors (Lipinski definition) is 7. The van der Waals surface area contributed by atoms with Crippen LogP contribution >= 0.6 is 0 Å². The van der Waals surface area contributed by atoms with Gasteiger partial charge in [0, 0.05) is 37.4 Å². The van der Waals surface area contributed by atoms with Crippen molar-refractivity contribution in [2.75, 3.05) is 31.1 Å². The Bertz CT molecular complexity index is 1140. The van der Waals surface area contributed by atoms with E-state index in [1.165, 1.54) is 12.0 Å². The first kappa shape index (κ1) is 33.9. The lowest BCUT2D eigenvalue weighted by molar-refractivity contribution is -0.163. The molecule has 2 atom stereocenters. The quantitative estimate of drug-likeness (QED) is 0.146. The minimum absolute atomic E-state index is 0.236. The van der Waals surface area contributed by atoms with Crippen LogP contribution in [-0.4, -0.2) is 55.6 Å². The molecule has 1 heterocycles. The lowest BCUT2D eigenvalue weighted by Gasteiger charge is -2.34. The maximum absolute atomic E-state index is 12.4. The fourth-order valence-electron chi connectivity index (χ4n) is 6.12. The molecule has 1 amide bonds. The molecule has 0 bridgehead atoms. The first-order valence-corrected chi connectivity index (χ1v) is 16.5. The van der Waals surface area contributed by atoms with Gasteiger partial charge in [0.25, 0.3) is 5.91 Å². The summed E-state index contributed by atoms with van der Waals surface area (Å²) >= 11 is 0. The highest BCUT2D eigenvalue weighted by Crippen LogP contribution is 2.27. The molecule has 2 aliphatic rings. The molecule has 44 heavy (non-hydrogen) atoms. The Morgan fingerprint density at radius 3 is 2.14 bits per heavy atom. The second-order valence-electron chi connectivity index (χ2n) is 12.9. The molecule has 4 N–H and O–H groups in total. The van der Waals surface area contributed by atoms with Crippen LogP contribution in [0.3, 0.4) is 0 Å². The molecule has 1 unspecified atom stereocenters. The molecular weight excluding hydrogens is 556 g/mol. The van der Waals surface area contributed by atoms with Gasteiger partial charge in [0.15, 0.2) is 6.29 Å². The van der Waals surface area contributed by atoms with Crippen molar-refractivity contribution >= 4 is 17.6 Å². The van der Waals surface area contributed by atoms with Crippen molar-refractivity contribution in [3.8, 4) is 0 Å². The van der Waals surface area contributed by atoms with Gasteiger partial charge in [-0.25, -0.2) is 10.3 Å². The third kappa shape index (κ3) is 10.9. The summed E-state index contributed by atoms with van der Waals surface area (Å²) in [5, 5.41) is 16.6. The van der Waals surface area contributed by atoms with E-state index in [1.54, 1.807) is 6.92 Å². The average Bonchev–Trinajstić information content (AvgIpc) is 3.04. The first-order valence-electron chi connectivity index (χ1n) is 16.5. The van der Waals surface area contributed by atoms with Crippen molar-refractivity contribution in [2.24, 2.45) is 17.8 Å². The molecule has 0 spiro atoms.